The van der Waals surface area contributed by atoms with Crippen molar-refractivity contribution in [2.75, 3.05) is 0 Å². The average molecular weight is 1020 g/mol. The van der Waals surface area contributed by atoms with Gasteiger partial charge in [0, 0.05) is 79.4 Å². The van der Waals surface area contributed by atoms with Crippen LogP contribution in [0.4, 0.5) is 0 Å². The molecule has 8 aromatic heterocycles. The number of furan rings is 4. The second-order valence-electron chi connectivity index (χ2n) is 11.4. The molecule has 0 spiro atoms. The number of hydrogen-bond donors (Lipinski definition) is 0. The van der Waals surface area contributed by atoms with Crippen LogP contribution in [0.1, 0.15) is 0 Å². The standard InChI is InChI=1S/2C18H12N4O2.2Pt/c2*1-20-5-6-22(11-20)15-10-24-17-8-16-12(7-13(15)17)14(9-23-16)18-19-3-4-21(18)2;;/h2*4-6,8-10H,1-2H3;;/q2*-2;;. The van der Waals surface area contributed by atoms with E-state index in [4.69, 9.17) is 17.7 Å². The summed E-state index contributed by atoms with van der Waals surface area (Å²) in [4.78, 5) is 8.56. The van der Waals surface area contributed by atoms with Gasteiger partial charge in [-0.25, -0.2) is 0 Å². The van der Waals surface area contributed by atoms with Gasteiger partial charge in [-0.2, -0.15) is 0 Å². The normalized spacial score (nSPS) is 11.3. The molecular formula is C36H24N8O4Pt2-4. The van der Waals surface area contributed by atoms with Crippen LogP contribution in [-0.2, 0) is 70.3 Å². The van der Waals surface area contributed by atoms with Gasteiger partial charge >= 0.3 is 0 Å². The number of hydrogen-bond acceptors (Lipinski definition) is 6. The third-order valence-corrected chi connectivity index (χ3v) is 8.19. The van der Waals surface area contributed by atoms with Crippen molar-refractivity contribution in [3.8, 4) is 34.2 Å². The van der Waals surface area contributed by atoms with Gasteiger partial charge in [0.15, 0.2) is 0 Å². The van der Waals surface area contributed by atoms with Crippen molar-refractivity contribution >= 4 is 43.9 Å². The summed E-state index contributed by atoms with van der Waals surface area (Å²) in [6.45, 7) is 0. The van der Waals surface area contributed by atoms with Gasteiger partial charge in [-0.1, -0.05) is 45.9 Å². The average Bonchev–Trinajstić information content (AvgIpc) is 3.91. The molecule has 0 atom stereocenters. The molecule has 0 unspecified atom stereocenters. The van der Waals surface area contributed by atoms with E-state index in [1.807, 2.05) is 92.5 Å². The fourth-order valence-electron chi connectivity index (χ4n) is 5.79. The molecule has 0 radical (unpaired) electrons. The Morgan fingerprint density at radius 3 is 1.34 bits per heavy atom. The van der Waals surface area contributed by atoms with Crippen LogP contribution in [0.15, 0.2) is 92.0 Å². The minimum absolute atomic E-state index is 0. The number of nitrogens with zero attached hydrogens (tertiary/aromatic N) is 8. The Hall–Kier alpha value is -5.18. The zero-order valence-corrected chi connectivity index (χ0v) is 31.3. The summed E-state index contributed by atoms with van der Waals surface area (Å²) in [5, 5.41) is 3.47. The minimum Gasteiger partial charge on any atom is -0.508 e. The summed E-state index contributed by atoms with van der Waals surface area (Å²) in [7, 11) is 7.70. The largest absolute Gasteiger partial charge is 0.508 e. The maximum Gasteiger partial charge on any atom is 0.244 e. The molecule has 0 saturated carbocycles. The topological polar surface area (TPSA) is 106 Å². The van der Waals surface area contributed by atoms with E-state index < -0.39 is 0 Å². The van der Waals surface area contributed by atoms with Crippen molar-refractivity contribution in [1.82, 2.24) is 28.2 Å². The van der Waals surface area contributed by atoms with Gasteiger partial charge in [-0.05, 0) is 37.0 Å². The maximum atomic E-state index is 5.68. The molecule has 0 aliphatic carbocycles. The first-order chi connectivity index (χ1) is 23.4. The van der Waals surface area contributed by atoms with Crippen LogP contribution in [0.5, 0.6) is 0 Å². The first kappa shape index (κ1) is 33.3. The third-order valence-electron chi connectivity index (χ3n) is 8.19. The van der Waals surface area contributed by atoms with E-state index in [1.165, 1.54) is 0 Å². The Morgan fingerprint density at radius 2 is 0.980 bits per heavy atom. The van der Waals surface area contributed by atoms with Crippen LogP contribution >= 0.6 is 0 Å². The summed E-state index contributed by atoms with van der Waals surface area (Å²) < 4.78 is 34.0. The van der Waals surface area contributed by atoms with E-state index in [0.717, 1.165) is 66.9 Å². The van der Waals surface area contributed by atoms with E-state index in [9.17, 15) is 0 Å². The number of aryl methyl sites for hydroxylation is 4. The van der Waals surface area contributed by atoms with Crippen molar-refractivity contribution in [2.24, 2.45) is 28.2 Å². The van der Waals surface area contributed by atoms with Crippen molar-refractivity contribution in [3.63, 3.8) is 0 Å². The van der Waals surface area contributed by atoms with E-state index in [0.29, 0.717) is 11.2 Å². The van der Waals surface area contributed by atoms with E-state index in [-0.39, 0.29) is 42.1 Å². The monoisotopic (exact) mass is 1020 g/mol. The molecule has 0 fully saturated rings. The molecule has 256 valence electrons. The molecule has 0 N–H and O–H groups in total. The van der Waals surface area contributed by atoms with Crippen LogP contribution in [0.3, 0.4) is 0 Å². The summed E-state index contributed by atoms with van der Waals surface area (Å²) in [6.07, 6.45) is 30.1. The third kappa shape index (κ3) is 5.49. The van der Waals surface area contributed by atoms with Crippen molar-refractivity contribution in [3.05, 3.63) is 112 Å². The molecule has 0 aliphatic rings. The number of aromatic nitrogens is 8. The van der Waals surface area contributed by atoms with Crippen molar-refractivity contribution < 1.29 is 68.9 Å². The number of fused-ring (bicyclic) bond motifs is 4. The maximum absolute atomic E-state index is 5.68. The van der Waals surface area contributed by atoms with E-state index in [2.05, 4.69) is 47.1 Å². The van der Waals surface area contributed by atoms with Gasteiger partial charge in [0.05, 0.1) is 60.3 Å². The predicted octanol–water partition coefficient (Wildman–Crippen LogP) is 5.19. The second-order valence-corrected chi connectivity index (χ2v) is 11.4. The second kappa shape index (κ2) is 12.9. The Labute approximate surface area is 313 Å². The molecule has 0 bridgehead atoms. The number of rotatable bonds is 4. The van der Waals surface area contributed by atoms with Crippen LogP contribution in [0.25, 0.3) is 78.0 Å². The Bertz CT molecular complexity index is 2580. The van der Waals surface area contributed by atoms with Crippen molar-refractivity contribution in [1.29, 1.82) is 0 Å². The molecule has 2 aromatic carbocycles. The predicted molar refractivity (Wildman–Crippen MR) is 170 cm³/mol. The fraction of sp³-hybridized carbons (Fsp3) is 0.111. The molecule has 0 aliphatic heterocycles. The Kier molecular flexibility index (Phi) is 8.62. The summed E-state index contributed by atoms with van der Waals surface area (Å²) in [5.74, 6) is 1.57. The molecule has 8 heterocycles. The smallest absolute Gasteiger partial charge is 0.244 e. The van der Waals surface area contributed by atoms with Gasteiger partial charge < -0.3 is 55.0 Å². The van der Waals surface area contributed by atoms with E-state index in [1.54, 1.807) is 37.4 Å². The molecule has 10 aromatic rings. The van der Waals surface area contributed by atoms with Crippen LogP contribution in [0.2, 0.25) is 0 Å². The van der Waals surface area contributed by atoms with Crippen LogP contribution in [0, 0.1) is 37.2 Å². The van der Waals surface area contributed by atoms with Gasteiger partial charge in [-0.15, -0.1) is 24.5 Å². The first-order valence-corrected chi connectivity index (χ1v) is 14.8. The van der Waals surface area contributed by atoms with E-state index >= 15 is 0 Å². The number of imidazole rings is 4. The van der Waals surface area contributed by atoms with Gasteiger partial charge in [0.2, 0.25) is 12.7 Å². The fourth-order valence-corrected chi connectivity index (χ4v) is 5.79. The summed E-state index contributed by atoms with van der Waals surface area (Å²) in [5.41, 5.74) is 6.38. The minimum atomic E-state index is 0. The SMILES string of the molecule is Cn1c[c-]nc1-c1coc2cc3occ(-n4[c-][n+](C)cc4)c3[c-]c12.Cn1c[c-]nc1-c1coc2cc3occ(-n4[c-][n+](C)cc4)c3[c-]c12.[Pt].[Pt]. The van der Waals surface area contributed by atoms with Crippen LogP contribution in [-0.4, -0.2) is 28.2 Å². The van der Waals surface area contributed by atoms with Gasteiger partial charge in [0.1, 0.15) is 0 Å². The zero-order valence-electron chi connectivity index (χ0n) is 26.8. The molecule has 0 amide bonds. The molecular weight excluding hydrogens is 999 g/mol. The molecule has 12 nitrogen and oxygen atoms in total. The van der Waals surface area contributed by atoms with Crippen LogP contribution < -0.4 is 9.13 Å². The van der Waals surface area contributed by atoms with Gasteiger partial charge in [-0.3, -0.25) is 0 Å². The molecule has 0 saturated heterocycles. The number of benzene rings is 2. The Morgan fingerprint density at radius 1 is 0.580 bits per heavy atom. The summed E-state index contributed by atoms with van der Waals surface area (Å²) >= 11 is 0. The molecule has 10 rings (SSSR count). The van der Waals surface area contributed by atoms with Crippen molar-refractivity contribution in [2.45, 2.75) is 0 Å². The molecule has 50 heavy (non-hydrogen) atoms. The first-order valence-electron chi connectivity index (χ1n) is 14.8. The molecule has 14 heteroatoms. The van der Waals surface area contributed by atoms with Gasteiger partial charge in [0.25, 0.3) is 0 Å². The zero-order chi connectivity index (χ0) is 32.5. The Balaban J connectivity index is 0.000000151. The summed E-state index contributed by atoms with van der Waals surface area (Å²) in [6, 6.07) is 10.6. The quantitative estimate of drug-likeness (QED) is 0.178.